The van der Waals surface area contributed by atoms with Crippen LogP contribution in [0.3, 0.4) is 0 Å². The lowest BCUT2D eigenvalue weighted by atomic mass is 10.2. The van der Waals surface area contributed by atoms with Gasteiger partial charge in [-0.25, -0.2) is 9.20 Å². The largest absolute Gasteiger partial charge is 0.340 e. The van der Waals surface area contributed by atoms with E-state index in [1.165, 1.54) is 17.0 Å². The molecule has 0 bridgehead atoms. The minimum Gasteiger partial charge on any atom is -0.340 e. The molecule has 0 aliphatic carbocycles. The zero-order valence-electron chi connectivity index (χ0n) is 13.0. The normalized spacial score (nSPS) is 17.7. The average molecular weight is 329 g/mol. The van der Waals surface area contributed by atoms with Crippen LogP contribution in [0.1, 0.15) is 30.6 Å². The fraction of sp³-hybridized carbons (Fsp3) is 0.429. The van der Waals surface area contributed by atoms with Gasteiger partial charge in [-0.15, -0.1) is 0 Å². The van der Waals surface area contributed by atoms with E-state index >= 15 is 0 Å². The SMILES string of the molecule is Cc1nc([C@H]2CCCN2C(=O)Cn2ncn3nccc3c2=O)no1. The molecule has 3 aromatic rings. The highest BCUT2D eigenvalue weighted by molar-refractivity contribution is 5.76. The van der Waals surface area contributed by atoms with Crippen molar-refractivity contribution in [3.8, 4) is 0 Å². The van der Waals surface area contributed by atoms with E-state index in [2.05, 4.69) is 20.3 Å². The van der Waals surface area contributed by atoms with Crippen molar-refractivity contribution in [1.82, 2.24) is 34.4 Å². The minimum absolute atomic E-state index is 0.131. The van der Waals surface area contributed by atoms with Crippen LogP contribution in [0, 0.1) is 6.92 Å². The van der Waals surface area contributed by atoms with Crippen molar-refractivity contribution < 1.29 is 9.32 Å². The number of aromatic nitrogens is 6. The Morgan fingerprint density at radius 2 is 2.29 bits per heavy atom. The zero-order chi connectivity index (χ0) is 16.7. The van der Waals surface area contributed by atoms with Gasteiger partial charge in [0.2, 0.25) is 11.8 Å². The molecule has 0 spiro atoms. The van der Waals surface area contributed by atoms with Gasteiger partial charge in [-0.05, 0) is 18.9 Å². The van der Waals surface area contributed by atoms with Crippen LogP contribution >= 0.6 is 0 Å². The zero-order valence-corrected chi connectivity index (χ0v) is 13.0. The van der Waals surface area contributed by atoms with Gasteiger partial charge >= 0.3 is 0 Å². The number of hydrogen-bond acceptors (Lipinski definition) is 7. The molecule has 10 nitrogen and oxygen atoms in total. The number of amides is 1. The number of rotatable bonds is 3. The van der Waals surface area contributed by atoms with Gasteiger partial charge in [0.1, 0.15) is 18.4 Å². The lowest BCUT2D eigenvalue weighted by Crippen LogP contribution is -2.37. The van der Waals surface area contributed by atoms with Crippen LogP contribution in [0.15, 0.2) is 27.9 Å². The van der Waals surface area contributed by atoms with Crippen LogP contribution < -0.4 is 5.56 Å². The van der Waals surface area contributed by atoms with Crippen molar-refractivity contribution in [1.29, 1.82) is 0 Å². The van der Waals surface area contributed by atoms with E-state index in [0.29, 0.717) is 23.8 Å². The van der Waals surface area contributed by atoms with Crippen LogP contribution in [-0.4, -0.2) is 46.9 Å². The van der Waals surface area contributed by atoms with Crippen molar-refractivity contribution in [3.63, 3.8) is 0 Å². The molecule has 1 atom stereocenters. The second-order valence-electron chi connectivity index (χ2n) is 5.67. The van der Waals surface area contributed by atoms with Crippen LogP contribution in [0.5, 0.6) is 0 Å². The van der Waals surface area contributed by atoms with Crippen molar-refractivity contribution in [2.24, 2.45) is 0 Å². The second-order valence-corrected chi connectivity index (χ2v) is 5.67. The molecule has 1 aliphatic rings. The van der Waals surface area contributed by atoms with Gasteiger partial charge in [0.15, 0.2) is 5.82 Å². The Hall–Kier alpha value is -3.04. The molecule has 3 aromatic heterocycles. The first-order valence-corrected chi connectivity index (χ1v) is 7.62. The van der Waals surface area contributed by atoms with Gasteiger partial charge in [-0.2, -0.15) is 15.2 Å². The molecule has 10 heteroatoms. The molecule has 4 rings (SSSR count). The van der Waals surface area contributed by atoms with Crippen molar-refractivity contribution in [2.45, 2.75) is 32.4 Å². The van der Waals surface area contributed by atoms with Gasteiger partial charge in [0.05, 0.1) is 12.2 Å². The number of likely N-dealkylation sites (tertiary alicyclic amines) is 1. The highest BCUT2D eigenvalue weighted by atomic mass is 16.5. The Bertz CT molecular complexity index is 957. The number of hydrogen-bond donors (Lipinski definition) is 0. The third-order valence-corrected chi connectivity index (χ3v) is 4.12. The molecule has 124 valence electrons. The van der Waals surface area contributed by atoms with Crippen LogP contribution in [0.25, 0.3) is 5.52 Å². The van der Waals surface area contributed by atoms with Crippen molar-refractivity contribution >= 4 is 11.4 Å². The summed E-state index contributed by atoms with van der Waals surface area (Å²) in [4.78, 5) is 30.9. The fourth-order valence-electron chi connectivity index (χ4n) is 2.99. The molecule has 0 N–H and O–H groups in total. The van der Waals surface area contributed by atoms with Gasteiger partial charge < -0.3 is 9.42 Å². The molecule has 1 saturated heterocycles. The summed E-state index contributed by atoms with van der Waals surface area (Å²) < 4.78 is 7.53. The maximum atomic E-state index is 12.6. The molecule has 24 heavy (non-hydrogen) atoms. The van der Waals surface area contributed by atoms with Gasteiger partial charge in [0, 0.05) is 13.5 Å². The van der Waals surface area contributed by atoms with Gasteiger partial charge in [-0.3, -0.25) is 9.59 Å². The second kappa shape index (κ2) is 5.55. The molecule has 4 heterocycles. The van der Waals surface area contributed by atoms with E-state index in [9.17, 15) is 9.59 Å². The van der Waals surface area contributed by atoms with E-state index < -0.39 is 0 Å². The maximum absolute atomic E-state index is 12.6. The first kappa shape index (κ1) is 14.5. The predicted octanol–water partition coefficient (Wildman–Crippen LogP) is -0.0539. The lowest BCUT2D eigenvalue weighted by Gasteiger charge is -2.22. The molecule has 1 aliphatic heterocycles. The van der Waals surface area contributed by atoms with Crippen LogP contribution in [-0.2, 0) is 11.3 Å². The van der Waals surface area contributed by atoms with E-state index in [4.69, 9.17) is 4.52 Å². The van der Waals surface area contributed by atoms with Gasteiger partial charge in [-0.1, -0.05) is 5.16 Å². The summed E-state index contributed by atoms with van der Waals surface area (Å²) in [6, 6.07) is 1.37. The third kappa shape index (κ3) is 2.36. The van der Waals surface area contributed by atoms with Crippen molar-refractivity contribution in [2.75, 3.05) is 6.54 Å². The summed E-state index contributed by atoms with van der Waals surface area (Å²) in [6.07, 6.45) is 4.55. The average Bonchev–Trinajstić information content (AvgIpc) is 3.28. The first-order chi connectivity index (χ1) is 11.6. The molecule has 0 unspecified atom stereocenters. The van der Waals surface area contributed by atoms with E-state index in [1.54, 1.807) is 17.9 Å². The summed E-state index contributed by atoms with van der Waals surface area (Å²) in [5.41, 5.74) is 0.0269. The molecule has 1 fully saturated rings. The molecule has 0 radical (unpaired) electrons. The van der Waals surface area contributed by atoms with E-state index in [-0.39, 0.29) is 24.1 Å². The molecule has 1 amide bonds. The molecule has 0 saturated carbocycles. The summed E-state index contributed by atoms with van der Waals surface area (Å²) >= 11 is 0. The first-order valence-electron chi connectivity index (χ1n) is 7.62. The smallest absolute Gasteiger partial charge is 0.293 e. The highest BCUT2D eigenvalue weighted by Gasteiger charge is 2.33. The highest BCUT2D eigenvalue weighted by Crippen LogP contribution is 2.30. The summed E-state index contributed by atoms with van der Waals surface area (Å²) in [5.74, 6) is 0.775. The van der Waals surface area contributed by atoms with Crippen LogP contribution in [0.2, 0.25) is 0 Å². The van der Waals surface area contributed by atoms with E-state index in [0.717, 1.165) is 17.5 Å². The fourth-order valence-corrected chi connectivity index (χ4v) is 2.99. The number of nitrogens with zero attached hydrogens (tertiary/aromatic N) is 7. The Labute approximate surface area is 135 Å². The molecular weight excluding hydrogens is 314 g/mol. The molecular formula is C14H15N7O3. The third-order valence-electron chi connectivity index (χ3n) is 4.12. The Balaban J connectivity index is 1.58. The Kier molecular flexibility index (Phi) is 3.36. The topological polar surface area (TPSA) is 111 Å². The maximum Gasteiger partial charge on any atom is 0.293 e. The minimum atomic E-state index is -0.352. The number of fused-ring (bicyclic) bond motifs is 1. The van der Waals surface area contributed by atoms with E-state index in [1.807, 2.05) is 0 Å². The number of carbonyl (C=O) groups is 1. The van der Waals surface area contributed by atoms with Crippen molar-refractivity contribution in [3.05, 3.63) is 40.7 Å². The number of carbonyl (C=O) groups excluding carboxylic acids is 1. The van der Waals surface area contributed by atoms with Gasteiger partial charge in [0.25, 0.3) is 5.56 Å². The Morgan fingerprint density at radius 3 is 3.08 bits per heavy atom. The monoisotopic (exact) mass is 329 g/mol. The summed E-state index contributed by atoms with van der Waals surface area (Å²) in [6.45, 7) is 2.18. The quantitative estimate of drug-likeness (QED) is 0.662. The standard InChI is InChI=1S/C14H15N7O3/c1-9-17-13(18-24-9)10-3-2-6-19(10)12(22)7-20-14(23)11-4-5-15-21(11)8-16-20/h4-5,8,10H,2-3,6-7H2,1H3/t10-/m1/s1. The molecule has 0 aromatic carbocycles. The summed E-state index contributed by atoms with van der Waals surface area (Å²) in [5, 5.41) is 11.9. The lowest BCUT2D eigenvalue weighted by molar-refractivity contribution is -0.133. The number of aryl methyl sites for hydroxylation is 1. The summed E-state index contributed by atoms with van der Waals surface area (Å²) in [7, 11) is 0. The predicted molar refractivity (Wildman–Crippen MR) is 80.0 cm³/mol. The van der Waals surface area contributed by atoms with Crippen LogP contribution in [0.4, 0.5) is 0 Å². The Morgan fingerprint density at radius 1 is 1.42 bits per heavy atom.